The molecular weight excluding hydrogens is 534 g/mol. The molecule has 1 aliphatic rings. The first-order valence-corrected chi connectivity index (χ1v) is 14.9. The molecule has 2 atom stereocenters. The van der Waals surface area contributed by atoms with E-state index in [1.54, 1.807) is 6.92 Å². The molecule has 12 heteroatoms. The summed E-state index contributed by atoms with van der Waals surface area (Å²) in [5, 5.41) is 2.80. The first kappa shape index (κ1) is 37.4. The predicted molar refractivity (Wildman–Crippen MR) is 154 cm³/mol. The van der Waals surface area contributed by atoms with Gasteiger partial charge >= 0.3 is 0 Å². The van der Waals surface area contributed by atoms with E-state index >= 15 is 0 Å². The summed E-state index contributed by atoms with van der Waals surface area (Å²) < 4.78 is 34.2. The Morgan fingerprint density at radius 3 is 2.32 bits per heavy atom. The molecule has 41 heavy (non-hydrogen) atoms. The fraction of sp³-hybridized carbons (Fsp3) is 0.897. The van der Waals surface area contributed by atoms with Crippen LogP contribution in [-0.4, -0.2) is 114 Å². The van der Waals surface area contributed by atoms with Gasteiger partial charge in [0.15, 0.2) is 0 Å². The molecule has 240 valence electrons. The van der Waals surface area contributed by atoms with Gasteiger partial charge in [-0.1, -0.05) is 20.8 Å². The minimum Gasteiger partial charge on any atom is -0.379 e. The summed E-state index contributed by atoms with van der Waals surface area (Å²) in [4.78, 5) is 37.0. The quantitative estimate of drug-likeness (QED) is 0.0870. The number of likely N-dealkylation sites (tertiary alicyclic amines) is 1. The second kappa shape index (κ2) is 21.9. The van der Waals surface area contributed by atoms with Gasteiger partial charge in [-0.2, -0.15) is 0 Å². The number of imide groups is 1. The van der Waals surface area contributed by atoms with Crippen molar-refractivity contribution >= 4 is 17.7 Å². The molecular formula is C29H55N3O9. The van der Waals surface area contributed by atoms with Crippen LogP contribution in [0.1, 0.15) is 66.7 Å². The van der Waals surface area contributed by atoms with Crippen molar-refractivity contribution in [3.63, 3.8) is 0 Å². The first-order chi connectivity index (χ1) is 19.6. The van der Waals surface area contributed by atoms with Gasteiger partial charge in [0.2, 0.25) is 17.7 Å². The Hall–Kier alpha value is -1.67. The monoisotopic (exact) mass is 589 g/mol. The van der Waals surface area contributed by atoms with Gasteiger partial charge in [-0.05, 0) is 39.0 Å². The largest absolute Gasteiger partial charge is 0.379 e. The highest BCUT2D eigenvalue weighted by Gasteiger charge is 2.35. The van der Waals surface area contributed by atoms with E-state index in [1.165, 1.54) is 4.90 Å². The Morgan fingerprint density at radius 2 is 1.66 bits per heavy atom. The van der Waals surface area contributed by atoms with Crippen molar-refractivity contribution in [2.24, 2.45) is 17.6 Å². The number of carbonyl (C=O) groups excluding carboxylic acids is 3. The van der Waals surface area contributed by atoms with Crippen molar-refractivity contribution in [1.82, 2.24) is 10.2 Å². The van der Waals surface area contributed by atoms with Crippen LogP contribution in [0.4, 0.5) is 0 Å². The van der Waals surface area contributed by atoms with Crippen LogP contribution in [0, 0.1) is 11.8 Å². The third kappa shape index (κ3) is 18.5. The van der Waals surface area contributed by atoms with Gasteiger partial charge in [0.25, 0.3) is 0 Å². The molecule has 0 spiro atoms. The van der Waals surface area contributed by atoms with Crippen LogP contribution >= 0.6 is 0 Å². The number of hydrogen-bond acceptors (Lipinski definition) is 10. The van der Waals surface area contributed by atoms with Crippen molar-refractivity contribution in [2.75, 3.05) is 79.3 Å². The van der Waals surface area contributed by atoms with Crippen molar-refractivity contribution in [2.45, 2.75) is 78.4 Å². The molecule has 1 aliphatic heterocycles. The van der Waals surface area contributed by atoms with Crippen LogP contribution in [0.5, 0.6) is 0 Å². The summed E-state index contributed by atoms with van der Waals surface area (Å²) in [5.74, 6) is -0.311. The lowest BCUT2D eigenvalue weighted by Crippen LogP contribution is -2.35. The highest BCUT2D eigenvalue weighted by atomic mass is 16.6. The van der Waals surface area contributed by atoms with E-state index in [0.29, 0.717) is 71.7 Å². The van der Waals surface area contributed by atoms with Crippen LogP contribution in [0.25, 0.3) is 0 Å². The summed E-state index contributed by atoms with van der Waals surface area (Å²) in [6.45, 7) is 15.0. The Bertz CT molecular complexity index is 736. The maximum absolute atomic E-state index is 12.1. The highest BCUT2D eigenvalue weighted by molar-refractivity contribution is 6.03. The second-order valence-corrected chi connectivity index (χ2v) is 11.3. The number of nitrogens with two attached hydrogens (primary N) is 1. The maximum atomic E-state index is 12.1. The molecule has 0 aromatic carbocycles. The number of nitrogens with zero attached hydrogens (tertiary/aromatic N) is 1. The molecule has 3 amide bonds. The van der Waals surface area contributed by atoms with E-state index in [-0.39, 0.29) is 61.5 Å². The zero-order valence-corrected chi connectivity index (χ0v) is 26.0. The number of amides is 3. The molecule has 0 bridgehead atoms. The van der Waals surface area contributed by atoms with Crippen molar-refractivity contribution < 1.29 is 42.8 Å². The lowest BCUT2D eigenvalue weighted by molar-refractivity contribution is -0.139. The minimum atomic E-state index is -0.332. The van der Waals surface area contributed by atoms with Crippen molar-refractivity contribution in [3.05, 3.63) is 0 Å². The molecule has 0 radical (unpaired) electrons. The average Bonchev–Trinajstić information content (AvgIpc) is 3.15. The summed E-state index contributed by atoms with van der Waals surface area (Å²) in [6, 6.07) is 0. The van der Waals surface area contributed by atoms with E-state index in [9.17, 15) is 14.4 Å². The van der Waals surface area contributed by atoms with Crippen LogP contribution in [0.2, 0.25) is 0 Å². The molecule has 0 saturated carbocycles. The van der Waals surface area contributed by atoms with Gasteiger partial charge in [0, 0.05) is 51.7 Å². The third-order valence-electron chi connectivity index (χ3n) is 6.54. The molecule has 0 aromatic rings. The Balaban J connectivity index is 2.24. The van der Waals surface area contributed by atoms with Crippen LogP contribution in [0.15, 0.2) is 0 Å². The van der Waals surface area contributed by atoms with Crippen molar-refractivity contribution in [3.8, 4) is 0 Å². The van der Waals surface area contributed by atoms with E-state index in [4.69, 9.17) is 34.2 Å². The molecule has 2 unspecified atom stereocenters. The summed E-state index contributed by atoms with van der Waals surface area (Å²) in [6.07, 6.45) is 2.41. The first-order valence-electron chi connectivity index (χ1n) is 14.9. The lowest BCUT2D eigenvalue weighted by atomic mass is 10.1. The van der Waals surface area contributed by atoms with Crippen LogP contribution in [-0.2, 0) is 42.8 Å². The molecule has 3 N–H and O–H groups in total. The number of ether oxygens (including phenoxy) is 6. The standard InChI is InChI=1S/C29H55N3O9/c1-23(2)8-13-36-15-16-39-21-25(40-18-17-37-14-9-29(4,5)41-22-30)20-38-12-6-10-31-26(33)7-11-32-27(34)19-24(3)28(32)35/h23-25H,6-22,30H2,1-5H3,(H,31,33). The van der Waals surface area contributed by atoms with Gasteiger partial charge in [-0.3, -0.25) is 19.3 Å². The second-order valence-electron chi connectivity index (χ2n) is 11.3. The molecule has 12 nitrogen and oxygen atoms in total. The lowest BCUT2D eigenvalue weighted by Gasteiger charge is -2.24. The Kier molecular flexibility index (Phi) is 20.0. The van der Waals surface area contributed by atoms with E-state index < -0.39 is 0 Å². The number of rotatable bonds is 26. The third-order valence-corrected chi connectivity index (χ3v) is 6.54. The van der Waals surface area contributed by atoms with Crippen LogP contribution in [0.3, 0.4) is 0 Å². The van der Waals surface area contributed by atoms with Gasteiger partial charge < -0.3 is 39.5 Å². The van der Waals surface area contributed by atoms with E-state index in [0.717, 1.165) is 19.4 Å². The topological polar surface area (TPSA) is 148 Å². The number of nitrogens with one attached hydrogen (secondary N) is 1. The van der Waals surface area contributed by atoms with E-state index in [1.807, 2.05) is 13.8 Å². The molecule has 1 heterocycles. The summed E-state index contributed by atoms with van der Waals surface area (Å²) in [5.41, 5.74) is 5.12. The van der Waals surface area contributed by atoms with Gasteiger partial charge in [0.1, 0.15) is 6.10 Å². The Labute approximate surface area is 246 Å². The van der Waals surface area contributed by atoms with Crippen LogP contribution < -0.4 is 11.1 Å². The number of carbonyl (C=O) groups is 3. The summed E-state index contributed by atoms with van der Waals surface area (Å²) >= 11 is 0. The van der Waals surface area contributed by atoms with E-state index in [2.05, 4.69) is 19.2 Å². The molecule has 1 saturated heterocycles. The molecule has 0 aliphatic carbocycles. The minimum absolute atomic E-state index is 0.0963. The zero-order valence-electron chi connectivity index (χ0n) is 26.0. The molecule has 1 rings (SSSR count). The van der Waals surface area contributed by atoms with Gasteiger partial charge in [-0.25, -0.2) is 0 Å². The Morgan fingerprint density at radius 1 is 1.00 bits per heavy atom. The van der Waals surface area contributed by atoms with Gasteiger partial charge in [0.05, 0.1) is 52.0 Å². The predicted octanol–water partition coefficient (Wildman–Crippen LogP) is 1.88. The maximum Gasteiger partial charge on any atom is 0.232 e. The SMILES string of the molecule is CC(C)CCOCCOCC(COCCCNC(=O)CCN1C(=O)CC(C)C1=O)OCCOCCC(C)(C)OCN. The highest BCUT2D eigenvalue weighted by Crippen LogP contribution is 2.18. The summed E-state index contributed by atoms with van der Waals surface area (Å²) in [7, 11) is 0. The smallest absolute Gasteiger partial charge is 0.232 e. The molecule has 0 aromatic heterocycles. The average molecular weight is 590 g/mol. The molecule has 1 fully saturated rings. The fourth-order valence-corrected chi connectivity index (χ4v) is 3.89. The normalized spacial score (nSPS) is 16.7. The van der Waals surface area contributed by atoms with Gasteiger partial charge in [-0.15, -0.1) is 0 Å². The van der Waals surface area contributed by atoms with Crippen molar-refractivity contribution in [1.29, 1.82) is 0 Å². The zero-order chi connectivity index (χ0) is 30.5. The fourth-order valence-electron chi connectivity index (χ4n) is 3.89. The number of hydrogen-bond donors (Lipinski definition) is 2.